The summed E-state index contributed by atoms with van der Waals surface area (Å²) < 4.78 is 6.17. The molecule has 14 nitrogen and oxygen atoms in total. The second-order valence-electron chi connectivity index (χ2n) is 10.5. The molecule has 3 atom stereocenters. The largest absolute Gasteiger partial charge is 0.467 e. The van der Waals surface area contributed by atoms with Gasteiger partial charge < -0.3 is 30.9 Å². The summed E-state index contributed by atoms with van der Waals surface area (Å²) in [4.78, 5) is 62.2. The van der Waals surface area contributed by atoms with Crippen molar-refractivity contribution >= 4 is 40.7 Å². The Balaban J connectivity index is 1.59. The first kappa shape index (κ1) is 32.3. The molecule has 0 aromatic carbocycles. The number of carbonyl (C=O) groups is 4. The maximum absolute atomic E-state index is 13.0. The highest BCUT2D eigenvalue weighted by Gasteiger charge is 2.33. The number of anilines is 1. The zero-order chi connectivity index (χ0) is 30.6. The van der Waals surface area contributed by atoms with E-state index in [1.54, 1.807) is 17.2 Å². The number of nitrogens with one attached hydrogen (secondary N) is 2. The third-order valence-corrected chi connectivity index (χ3v) is 7.64. The van der Waals surface area contributed by atoms with Crippen molar-refractivity contribution < 1.29 is 23.9 Å². The number of unbranched alkanes of at least 4 members (excludes halogenated alkanes) is 1. The summed E-state index contributed by atoms with van der Waals surface area (Å²) in [6.07, 6.45) is 6.07. The number of nitriles is 1. The number of likely N-dealkylation sites (tertiary alicyclic amines) is 1. The van der Waals surface area contributed by atoms with Crippen LogP contribution in [0.15, 0.2) is 18.6 Å². The molecule has 4 N–H and O–H groups in total. The quantitative estimate of drug-likeness (QED) is 0.228. The summed E-state index contributed by atoms with van der Waals surface area (Å²) in [5.74, 6) is -0.0578. The molecule has 42 heavy (non-hydrogen) atoms. The minimum absolute atomic E-state index is 0.0257. The molecular weight excluding hydrogens is 542 g/mol. The van der Waals surface area contributed by atoms with E-state index in [1.165, 1.54) is 18.0 Å². The summed E-state index contributed by atoms with van der Waals surface area (Å²) in [5.41, 5.74) is 5.94. The van der Waals surface area contributed by atoms with Gasteiger partial charge in [-0.15, -0.1) is 0 Å². The maximum atomic E-state index is 13.0. The summed E-state index contributed by atoms with van der Waals surface area (Å²) >= 11 is 0. The Morgan fingerprint density at radius 2 is 2.05 bits per heavy atom. The number of methoxy groups -OCH3 is 1. The van der Waals surface area contributed by atoms with Crippen molar-refractivity contribution in [2.24, 2.45) is 11.7 Å². The fraction of sp³-hybridized carbons (Fsp3) is 0.607. The number of aromatic nitrogens is 3. The summed E-state index contributed by atoms with van der Waals surface area (Å²) in [7, 11) is 3.19. The van der Waals surface area contributed by atoms with Gasteiger partial charge in [-0.3, -0.25) is 14.2 Å². The fourth-order valence-electron chi connectivity index (χ4n) is 5.18. The van der Waals surface area contributed by atoms with Crippen molar-refractivity contribution in [3.05, 3.63) is 18.6 Å². The minimum atomic E-state index is -0.723. The first-order valence-electron chi connectivity index (χ1n) is 14.3. The van der Waals surface area contributed by atoms with Crippen LogP contribution in [0.3, 0.4) is 0 Å². The molecule has 0 aliphatic carbocycles. The molecule has 1 aliphatic heterocycles. The van der Waals surface area contributed by atoms with E-state index < -0.39 is 18.0 Å². The van der Waals surface area contributed by atoms with Crippen molar-refractivity contribution in [2.75, 3.05) is 45.2 Å². The van der Waals surface area contributed by atoms with E-state index >= 15 is 0 Å². The molecule has 3 rings (SSSR count). The van der Waals surface area contributed by atoms with Crippen LogP contribution < -0.4 is 21.3 Å². The van der Waals surface area contributed by atoms with Gasteiger partial charge in [0.1, 0.15) is 24.6 Å². The molecule has 0 saturated carbocycles. The highest BCUT2D eigenvalue weighted by molar-refractivity contribution is 5.95. The number of carbonyl (C=O) groups excluding carboxylic acids is 4. The molecule has 1 fully saturated rings. The number of fused-ring (bicyclic) bond motifs is 1. The molecule has 0 bridgehead atoms. The number of piperidine rings is 1. The lowest BCUT2D eigenvalue weighted by Crippen LogP contribution is -2.52. The van der Waals surface area contributed by atoms with Crippen molar-refractivity contribution in [1.82, 2.24) is 30.1 Å². The Kier molecular flexibility index (Phi) is 12.0. The van der Waals surface area contributed by atoms with E-state index in [-0.39, 0.29) is 43.2 Å². The number of ether oxygens (including phenoxy) is 1. The second-order valence-corrected chi connectivity index (χ2v) is 10.5. The molecule has 1 aliphatic rings. The number of likely N-dealkylation sites (N-methyl/N-ethyl adjacent to an activating group) is 1. The van der Waals surface area contributed by atoms with Crippen LogP contribution in [0.4, 0.5) is 10.6 Å². The van der Waals surface area contributed by atoms with Gasteiger partial charge in [-0.2, -0.15) is 5.26 Å². The summed E-state index contributed by atoms with van der Waals surface area (Å²) in [6, 6.07) is 2.56. The monoisotopic (exact) mass is 583 g/mol. The Morgan fingerprint density at radius 1 is 1.26 bits per heavy atom. The molecule has 228 valence electrons. The standard InChI is InChI=1S/C28H41N9O5/c1-19-10-15-36(24(39)9-13-30)17-22(19)35(2)25-20-11-16-37(26(20)33-18-32-25)28(41)31-14-6-8-23(38)34-21(27(40)42-3)7-4-5-12-29/h11,16,18-19,21-22H,4-10,12,14-15,17,29H2,1-3H3,(H,31,41)(H,34,38)/t19-,21+,22+/m1/s1. The molecule has 3 amide bonds. The fourth-order valence-corrected chi connectivity index (χ4v) is 5.18. The smallest absolute Gasteiger partial charge is 0.328 e. The summed E-state index contributed by atoms with van der Waals surface area (Å²) in [5, 5.41) is 15.1. The van der Waals surface area contributed by atoms with Gasteiger partial charge in [0.2, 0.25) is 11.8 Å². The van der Waals surface area contributed by atoms with Crippen molar-refractivity contribution in [2.45, 2.75) is 64.0 Å². The average molecular weight is 584 g/mol. The highest BCUT2D eigenvalue weighted by Crippen LogP contribution is 2.29. The number of nitrogens with zero attached hydrogens (tertiary/aromatic N) is 6. The van der Waals surface area contributed by atoms with Gasteiger partial charge in [0.05, 0.1) is 24.6 Å². The number of hydrogen-bond acceptors (Lipinski definition) is 10. The first-order valence-corrected chi connectivity index (χ1v) is 14.3. The Morgan fingerprint density at radius 3 is 2.76 bits per heavy atom. The van der Waals surface area contributed by atoms with E-state index in [2.05, 4.69) is 27.5 Å². The van der Waals surface area contributed by atoms with E-state index in [0.29, 0.717) is 55.7 Å². The molecule has 3 heterocycles. The van der Waals surface area contributed by atoms with E-state index in [0.717, 1.165) is 12.8 Å². The van der Waals surface area contributed by atoms with Gasteiger partial charge in [0, 0.05) is 39.3 Å². The normalized spacial score (nSPS) is 17.3. The topological polar surface area (TPSA) is 189 Å². The number of hydrogen-bond donors (Lipinski definition) is 3. The van der Waals surface area contributed by atoms with E-state index in [1.807, 2.05) is 18.0 Å². The van der Waals surface area contributed by atoms with Gasteiger partial charge in [-0.05, 0) is 50.6 Å². The minimum Gasteiger partial charge on any atom is -0.467 e. The van der Waals surface area contributed by atoms with Crippen LogP contribution >= 0.6 is 0 Å². The Bertz CT molecular complexity index is 1290. The number of amides is 3. The lowest BCUT2D eigenvalue weighted by atomic mass is 9.92. The van der Waals surface area contributed by atoms with Gasteiger partial charge >= 0.3 is 12.0 Å². The summed E-state index contributed by atoms with van der Waals surface area (Å²) in [6.45, 7) is 3.97. The molecular formula is C28H41N9O5. The second kappa shape index (κ2) is 15.7. The molecule has 0 spiro atoms. The third-order valence-electron chi connectivity index (χ3n) is 7.64. The van der Waals surface area contributed by atoms with Crippen molar-refractivity contribution in [1.29, 1.82) is 5.26 Å². The lowest BCUT2D eigenvalue weighted by molar-refractivity contribution is -0.145. The van der Waals surface area contributed by atoms with Gasteiger partial charge in [0.15, 0.2) is 5.65 Å². The number of rotatable bonds is 13. The van der Waals surface area contributed by atoms with Crippen molar-refractivity contribution in [3.8, 4) is 6.07 Å². The zero-order valence-corrected chi connectivity index (χ0v) is 24.5. The lowest BCUT2D eigenvalue weighted by Gasteiger charge is -2.42. The highest BCUT2D eigenvalue weighted by atomic mass is 16.5. The molecule has 14 heteroatoms. The van der Waals surface area contributed by atoms with Gasteiger partial charge in [-0.1, -0.05) is 6.92 Å². The van der Waals surface area contributed by atoms with Gasteiger partial charge in [-0.25, -0.2) is 19.6 Å². The SMILES string of the molecule is COC(=O)[C@H](CCCCN)NC(=O)CCCNC(=O)n1ccc2c(N(C)[C@H]3CN(C(=O)CC#N)CC[C@H]3C)ncnc21. The first-order chi connectivity index (χ1) is 20.2. The van der Waals surface area contributed by atoms with Crippen LogP contribution in [0.2, 0.25) is 0 Å². The molecule has 2 aromatic rings. The van der Waals surface area contributed by atoms with Crippen LogP contribution in [-0.4, -0.2) is 95.7 Å². The van der Waals surface area contributed by atoms with Crippen LogP contribution in [0.1, 0.15) is 51.9 Å². The average Bonchev–Trinajstić information content (AvgIpc) is 3.43. The third kappa shape index (κ3) is 8.16. The Labute approximate surface area is 245 Å². The maximum Gasteiger partial charge on any atom is 0.328 e. The van der Waals surface area contributed by atoms with Gasteiger partial charge in [0.25, 0.3) is 0 Å². The molecule has 0 unspecified atom stereocenters. The van der Waals surface area contributed by atoms with Crippen LogP contribution in [0.25, 0.3) is 11.0 Å². The predicted octanol–water partition coefficient (Wildman–Crippen LogP) is 1.14. The number of nitrogens with two attached hydrogens (primary N) is 1. The van der Waals surface area contributed by atoms with Crippen LogP contribution in [0.5, 0.6) is 0 Å². The molecule has 2 aromatic heterocycles. The predicted molar refractivity (Wildman–Crippen MR) is 155 cm³/mol. The number of esters is 1. The van der Waals surface area contributed by atoms with Crippen molar-refractivity contribution in [3.63, 3.8) is 0 Å². The van der Waals surface area contributed by atoms with E-state index in [9.17, 15) is 19.2 Å². The molecule has 1 saturated heterocycles. The zero-order valence-electron chi connectivity index (χ0n) is 24.5. The van der Waals surface area contributed by atoms with Crippen LogP contribution in [0, 0.1) is 17.2 Å². The molecule has 0 radical (unpaired) electrons. The van der Waals surface area contributed by atoms with Crippen LogP contribution in [-0.2, 0) is 19.1 Å². The Hall–Kier alpha value is -4.25. The van der Waals surface area contributed by atoms with E-state index in [4.69, 9.17) is 15.7 Å².